The highest BCUT2D eigenvalue weighted by atomic mass is 16.5. The molecule has 1 aromatic heterocycles. The molecule has 0 saturated carbocycles. The lowest BCUT2D eigenvalue weighted by atomic mass is 10.1. The van der Waals surface area contributed by atoms with E-state index >= 15 is 0 Å². The van der Waals surface area contributed by atoms with Crippen LogP contribution in [0.3, 0.4) is 0 Å². The monoisotopic (exact) mass is 334 g/mol. The number of benzene rings is 2. The van der Waals surface area contributed by atoms with E-state index in [1.54, 1.807) is 48.5 Å². The van der Waals surface area contributed by atoms with Crippen LogP contribution in [0.15, 0.2) is 57.7 Å². The molecule has 0 spiro atoms. The van der Waals surface area contributed by atoms with Gasteiger partial charge in [-0.15, -0.1) is 0 Å². The van der Waals surface area contributed by atoms with Crippen LogP contribution in [-0.4, -0.2) is 12.5 Å². The third kappa shape index (κ3) is 3.35. The number of rotatable bonds is 4. The van der Waals surface area contributed by atoms with E-state index in [4.69, 9.17) is 14.4 Å². The predicted octanol–water partition coefficient (Wildman–Crippen LogP) is 3.32. The summed E-state index contributed by atoms with van der Waals surface area (Å²) in [5.74, 6) is 0.203. The maximum Gasteiger partial charge on any atom is 0.255 e. The number of amides is 1. The molecular formula is C19H14N2O4. The van der Waals surface area contributed by atoms with Crippen LogP contribution in [0.4, 0.5) is 5.69 Å². The first-order valence-corrected chi connectivity index (χ1v) is 7.63. The molecule has 0 unspecified atom stereocenters. The van der Waals surface area contributed by atoms with Gasteiger partial charge in [0.25, 0.3) is 5.91 Å². The van der Waals surface area contributed by atoms with Crippen LogP contribution in [0.1, 0.15) is 23.0 Å². The van der Waals surface area contributed by atoms with E-state index in [0.29, 0.717) is 29.0 Å². The number of carbonyl (C=O) groups is 1. The summed E-state index contributed by atoms with van der Waals surface area (Å²) in [5, 5.41) is 12.0. The van der Waals surface area contributed by atoms with Gasteiger partial charge in [-0.2, -0.15) is 5.26 Å². The van der Waals surface area contributed by atoms with Gasteiger partial charge in [0.1, 0.15) is 11.8 Å². The van der Waals surface area contributed by atoms with Crippen LogP contribution in [0.2, 0.25) is 0 Å². The molecule has 1 N–H and O–H groups in total. The molecule has 1 heterocycles. The fraction of sp³-hybridized carbons (Fsp3) is 0.105. The number of anilines is 1. The second-order valence-corrected chi connectivity index (χ2v) is 5.18. The zero-order chi connectivity index (χ0) is 17.8. The number of fused-ring (bicyclic) bond motifs is 1. The highest BCUT2D eigenvalue weighted by molar-refractivity contribution is 6.07. The van der Waals surface area contributed by atoms with Gasteiger partial charge in [-0.3, -0.25) is 9.59 Å². The van der Waals surface area contributed by atoms with E-state index in [1.165, 1.54) is 0 Å². The summed E-state index contributed by atoms with van der Waals surface area (Å²) in [6, 6.07) is 14.4. The first-order chi connectivity index (χ1) is 12.1. The van der Waals surface area contributed by atoms with Crippen molar-refractivity contribution >= 4 is 22.6 Å². The summed E-state index contributed by atoms with van der Waals surface area (Å²) in [6.07, 6.45) is 0. The Labute approximate surface area is 143 Å². The van der Waals surface area contributed by atoms with Crippen molar-refractivity contribution in [2.45, 2.75) is 6.92 Å². The number of nitriles is 1. The van der Waals surface area contributed by atoms with E-state index in [9.17, 15) is 9.59 Å². The summed E-state index contributed by atoms with van der Waals surface area (Å²) in [5.41, 5.74) is 0.589. The van der Waals surface area contributed by atoms with Crippen molar-refractivity contribution in [2.24, 2.45) is 0 Å². The Morgan fingerprint density at radius 3 is 2.68 bits per heavy atom. The fourth-order valence-electron chi connectivity index (χ4n) is 2.39. The number of hydrogen-bond acceptors (Lipinski definition) is 5. The van der Waals surface area contributed by atoms with Crippen LogP contribution in [0.25, 0.3) is 11.0 Å². The fourth-order valence-corrected chi connectivity index (χ4v) is 2.39. The van der Waals surface area contributed by atoms with Gasteiger partial charge in [0.15, 0.2) is 11.0 Å². The van der Waals surface area contributed by atoms with Gasteiger partial charge in [-0.05, 0) is 43.3 Å². The molecule has 0 radical (unpaired) electrons. The first kappa shape index (κ1) is 16.3. The largest absolute Gasteiger partial charge is 0.494 e. The molecule has 1 amide bonds. The van der Waals surface area contributed by atoms with Crippen molar-refractivity contribution in [3.63, 3.8) is 0 Å². The van der Waals surface area contributed by atoms with Crippen molar-refractivity contribution in [1.29, 1.82) is 5.26 Å². The Kier molecular flexibility index (Phi) is 4.48. The van der Waals surface area contributed by atoms with Crippen molar-refractivity contribution in [3.8, 4) is 11.8 Å². The van der Waals surface area contributed by atoms with Crippen molar-refractivity contribution < 1.29 is 13.9 Å². The Hall–Kier alpha value is -3.59. The lowest BCUT2D eigenvalue weighted by Gasteiger charge is -2.08. The molecular weight excluding hydrogens is 320 g/mol. The van der Waals surface area contributed by atoms with Gasteiger partial charge < -0.3 is 14.5 Å². The molecule has 0 fully saturated rings. The molecule has 0 aliphatic rings. The number of carbonyl (C=O) groups excluding carboxylic acids is 1. The molecule has 3 aromatic rings. The zero-order valence-electron chi connectivity index (χ0n) is 13.4. The number of nitrogens with one attached hydrogen (secondary N) is 1. The molecule has 0 aliphatic heterocycles. The predicted molar refractivity (Wildman–Crippen MR) is 92.8 cm³/mol. The lowest BCUT2D eigenvalue weighted by molar-refractivity contribution is 0.102. The quantitative estimate of drug-likeness (QED) is 0.790. The molecule has 0 bridgehead atoms. The van der Waals surface area contributed by atoms with Gasteiger partial charge in [0, 0.05) is 11.6 Å². The average Bonchev–Trinajstić information content (AvgIpc) is 2.63. The molecule has 0 atom stereocenters. The average molecular weight is 334 g/mol. The number of nitrogens with zero attached hydrogens (tertiary/aromatic N) is 1. The molecule has 6 heteroatoms. The van der Waals surface area contributed by atoms with Crippen molar-refractivity contribution in [1.82, 2.24) is 0 Å². The maximum absolute atomic E-state index is 12.4. The highest BCUT2D eigenvalue weighted by Gasteiger charge is 2.12. The van der Waals surface area contributed by atoms with Crippen molar-refractivity contribution in [3.05, 3.63) is 70.1 Å². The minimum absolute atomic E-state index is 0.111. The highest BCUT2D eigenvalue weighted by Crippen LogP contribution is 2.23. The van der Waals surface area contributed by atoms with Crippen LogP contribution in [-0.2, 0) is 0 Å². The van der Waals surface area contributed by atoms with E-state index < -0.39 is 0 Å². The second kappa shape index (κ2) is 6.89. The zero-order valence-corrected chi connectivity index (χ0v) is 13.4. The Bertz CT molecular complexity index is 1030. The minimum Gasteiger partial charge on any atom is -0.494 e. The van der Waals surface area contributed by atoms with Crippen LogP contribution in [0, 0.1) is 11.3 Å². The van der Waals surface area contributed by atoms with Gasteiger partial charge >= 0.3 is 0 Å². The van der Waals surface area contributed by atoms with Crippen LogP contribution in [0.5, 0.6) is 5.75 Å². The molecule has 2 aromatic carbocycles. The standard InChI is InChI=1S/C19H14N2O4/c1-2-24-13-8-6-12(7-9-13)19(23)21-16-5-3-4-15-17(22)10-14(11-20)25-18(15)16/h3-10H,2H2,1H3,(H,21,23). The van der Waals surface area contributed by atoms with Gasteiger partial charge in [0.05, 0.1) is 17.7 Å². The lowest BCUT2D eigenvalue weighted by Crippen LogP contribution is -2.13. The molecule has 0 saturated heterocycles. The number of para-hydroxylation sites is 1. The van der Waals surface area contributed by atoms with Gasteiger partial charge in [-0.25, -0.2) is 0 Å². The summed E-state index contributed by atoms with van der Waals surface area (Å²) >= 11 is 0. The third-order valence-electron chi connectivity index (χ3n) is 3.54. The first-order valence-electron chi connectivity index (χ1n) is 7.63. The Morgan fingerprint density at radius 2 is 2.00 bits per heavy atom. The van der Waals surface area contributed by atoms with E-state index in [2.05, 4.69) is 5.32 Å². The van der Waals surface area contributed by atoms with E-state index in [-0.39, 0.29) is 22.7 Å². The topological polar surface area (TPSA) is 92.3 Å². The Morgan fingerprint density at radius 1 is 1.24 bits per heavy atom. The Balaban J connectivity index is 1.94. The van der Waals surface area contributed by atoms with Crippen molar-refractivity contribution in [2.75, 3.05) is 11.9 Å². The second-order valence-electron chi connectivity index (χ2n) is 5.18. The maximum atomic E-state index is 12.4. The summed E-state index contributed by atoms with van der Waals surface area (Å²) in [4.78, 5) is 24.5. The molecule has 124 valence electrons. The summed E-state index contributed by atoms with van der Waals surface area (Å²) in [6.45, 7) is 2.42. The van der Waals surface area contributed by atoms with Crippen LogP contribution < -0.4 is 15.5 Å². The third-order valence-corrected chi connectivity index (χ3v) is 3.54. The van der Waals surface area contributed by atoms with E-state index in [0.717, 1.165) is 6.07 Å². The van der Waals surface area contributed by atoms with Gasteiger partial charge in [-0.1, -0.05) is 6.07 Å². The smallest absolute Gasteiger partial charge is 0.255 e. The van der Waals surface area contributed by atoms with Gasteiger partial charge in [0.2, 0.25) is 5.76 Å². The molecule has 25 heavy (non-hydrogen) atoms. The summed E-state index contributed by atoms with van der Waals surface area (Å²) in [7, 11) is 0. The van der Waals surface area contributed by atoms with Crippen LogP contribution >= 0.6 is 0 Å². The number of ether oxygens (including phenoxy) is 1. The summed E-state index contributed by atoms with van der Waals surface area (Å²) < 4.78 is 10.8. The number of hydrogen-bond donors (Lipinski definition) is 1. The molecule has 0 aliphatic carbocycles. The molecule has 6 nitrogen and oxygen atoms in total. The molecule has 3 rings (SSSR count). The van der Waals surface area contributed by atoms with E-state index in [1.807, 2.05) is 6.92 Å². The normalized spacial score (nSPS) is 10.2. The minimum atomic E-state index is -0.361. The SMILES string of the molecule is CCOc1ccc(C(=O)Nc2cccc3c(=O)cc(C#N)oc23)cc1.